The highest BCUT2D eigenvalue weighted by molar-refractivity contribution is 5.92. The molecule has 0 unspecified atom stereocenters. The minimum Gasteiger partial charge on any atom is -0.493 e. The van der Waals surface area contributed by atoms with Gasteiger partial charge in [0.25, 0.3) is 0 Å². The molecule has 1 aromatic heterocycles. The Kier molecular flexibility index (Phi) is 6.00. The molecule has 0 atom stereocenters. The summed E-state index contributed by atoms with van der Waals surface area (Å²) in [7, 11) is 1.61. The number of nitriles is 1. The van der Waals surface area contributed by atoms with Gasteiger partial charge in [0.15, 0.2) is 17.3 Å². The first kappa shape index (κ1) is 20.2. The molecule has 4 aromatic rings. The summed E-state index contributed by atoms with van der Waals surface area (Å²) in [6, 6.07) is 25.8. The molecule has 5 heteroatoms. The van der Waals surface area contributed by atoms with E-state index in [1.807, 2.05) is 85.8 Å². The minimum absolute atomic E-state index is 0.400. The summed E-state index contributed by atoms with van der Waals surface area (Å²) in [5.41, 5.74) is 4.16. The largest absolute Gasteiger partial charge is 0.493 e. The molecule has 4 rings (SSSR count). The number of ether oxygens (including phenoxy) is 2. The molecule has 3 aromatic carbocycles. The molecule has 0 aliphatic carbocycles. The number of methoxy groups -OCH3 is 1. The lowest BCUT2D eigenvalue weighted by atomic mass is 10.1. The van der Waals surface area contributed by atoms with Crippen LogP contribution in [0.3, 0.4) is 0 Å². The molecule has 0 N–H and O–H groups in total. The summed E-state index contributed by atoms with van der Waals surface area (Å²) in [6.45, 7) is 3.16. The molecule has 31 heavy (non-hydrogen) atoms. The first-order valence-corrected chi connectivity index (χ1v) is 10.2. The lowest BCUT2D eigenvalue weighted by Gasteiger charge is -2.14. The zero-order valence-corrected chi connectivity index (χ0v) is 17.6. The lowest BCUT2D eigenvalue weighted by Crippen LogP contribution is -2.02. The van der Waals surface area contributed by atoms with Gasteiger partial charge in [-0.1, -0.05) is 54.6 Å². The van der Waals surface area contributed by atoms with Crippen molar-refractivity contribution in [1.82, 2.24) is 9.55 Å². The molecule has 1 heterocycles. The molecule has 5 nitrogen and oxygen atoms in total. The summed E-state index contributed by atoms with van der Waals surface area (Å²) in [4.78, 5) is 4.72. The van der Waals surface area contributed by atoms with Gasteiger partial charge >= 0.3 is 0 Å². The van der Waals surface area contributed by atoms with Gasteiger partial charge < -0.3 is 14.0 Å². The number of benzene rings is 3. The highest BCUT2D eigenvalue weighted by Gasteiger charge is 2.16. The number of aryl methyl sites for hydroxylation is 1. The van der Waals surface area contributed by atoms with Gasteiger partial charge in [0.2, 0.25) is 0 Å². The molecule has 0 spiro atoms. The second-order valence-corrected chi connectivity index (χ2v) is 6.99. The Balaban J connectivity index is 1.77. The molecule has 0 bridgehead atoms. The smallest absolute Gasteiger partial charge is 0.168 e. The van der Waals surface area contributed by atoms with Gasteiger partial charge in [-0.25, -0.2) is 4.98 Å². The summed E-state index contributed by atoms with van der Waals surface area (Å²) < 4.78 is 13.7. The third kappa shape index (κ3) is 4.15. The first-order valence-electron chi connectivity index (χ1n) is 10.2. The fourth-order valence-electron chi connectivity index (χ4n) is 3.59. The van der Waals surface area contributed by atoms with Crippen LogP contribution in [0, 0.1) is 11.3 Å². The van der Waals surface area contributed by atoms with Crippen LogP contribution in [0.1, 0.15) is 23.9 Å². The van der Waals surface area contributed by atoms with Gasteiger partial charge in [0.1, 0.15) is 12.7 Å². The van der Waals surface area contributed by atoms with Crippen LogP contribution in [0.2, 0.25) is 0 Å². The van der Waals surface area contributed by atoms with Crippen LogP contribution in [-0.4, -0.2) is 16.7 Å². The van der Waals surface area contributed by atoms with E-state index >= 15 is 0 Å². The summed E-state index contributed by atoms with van der Waals surface area (Å²) >= 11 is 0. The summed E-state index contributed by atoms with van der Waals surface area (Å²) in [5.74, 6) is 1.86. The van der Waals surface area contributed by atoms with Crippen LogP contribution in [0.15, 0.2) is 72.8 Å². The molecular formula is C26H23N3O2. The van der Waals surface area contributed by atoms with E-state index in [1.54, 1.807) is 7.11 Å². The van der Waals surface area contributed by atoms with E-state index in [0.29, 0.717) is 36.0 Å². The predicted molar refractivity (Wildman–Crippen MR) is 123 cm³/mol. The molecule has 0 aliphatic rings. The van der Waals surface area contributed by atoms with Crippen molar-refractivity contribution in [2.24, 2.45) is 0 Å². The highest BCUT2D eigenvalue weighted by atomic mass is 16.5. The van der Waals surface area contributed by atoms with Crippen molar-refractivity contribution < 1.29 is 9.47 Å². The van der Waals surface area contributed by atoms with E-state index in [0.717, 1.165) is 22.2 Å². The fourth-order valence-corrected chi connectivity index (χ4v) is 3.59. The van der Waals surface area contributed by atoms with Crippen LogP contribution < -0.4 is 9.47 Å². The number of hydrogen-bond donors (Lipinski definition) is 0. The highest BCUT2D eigenvalue weighted by Crippen LogP contribution is 2.34. The molecule has 0 saturated carbocycles. The molecule has 0 radical (unpaired) electrons. The van der Waals surface area contributed by atoms with E-state index < -0.39 is 0 Å². The molecule has 0 amide bonds. The van der Waals surface area contributed by atoms with E-state index in [9.17, 15) is 5.26 Å². The topological polar surface area (TPSA) is 60.1 Å². The Bertz CT molecular complexity index is 1270. The van der Waals surface area contributed by atoms with E-state index in [2.05, 4.69) is 10.6 Å². The number of imidazole rings is 1. The van der Waals surface area contributed by atoms with Crippen molar-refractivity contribution in [1.29, 1.82) is 5.26 Å². The maximum absolute atomic E-state index is 9.97. The average Bonchev–Trinajstić information content (AvgIpc) is 3.20. The van der Waals surface area contributed by atoms with Crippen molar-refractivity contribution in [3.8, 4) is 17.6 Å². The minimum atomic E-state index is 0.400. The van der Waals surface area contributed by atoms with Gasteiger partial charge in [-0.3, -0.25) is 0 Å². The number of aromatic nitrogens is 2. The maximum Gasteiger partial charge on any atom is 0.168 e. The number of para-hydroxylation sites is 3. The summed E-state index contributed by atoms with van der Waals surface area (Å²) in [5, 5.41) is 9.97. The Morgan fingerprint density at radius 1 is 1.03 bits per heavy atom. The first-order chi connectivity index (χ1) is 15.2. The Morgan fingerprint density at radius 3 is 2.55 bits per heavy atom. The normalized spacial score (nSPS) is 11.3. The number of hydrogen-bond acceptors (Lipinski definition) is 4. The fraction of sp³-hybridized carbons (Fsp3) is 0.154. The lowest BCUT2D eigenvalue weighted by molar-refractivity contribution is 0.284. The number of fused-ring (bicyclic) bond motifs is 1. The van der Waals surface area contributed by atoms with Crippen LogP contribution in [0.5, 0.6) is 11.5 Å². The van der Waals surface area contributed by atoms with Crippen LogP contribution in [0.25, 0.3) is 22.7 Å². The molecule has 0 aliphatic heterocycles. The molecule has 0 saturated heterocycles. The van der Waals surface area contributed by atoms with Crippen molar-refractivity contribution in [2.45, 2.75) is 20.1 Å². The number of allylic oxidation sites excluding steroid dienone is 1. The third-order valence-corrected chi connectivity index (χ3v) is 5.09. The van der Waals surface area contributed by atoms with Crippen LogP contribution in [0.4, 0.5) is 0 Å². The zero-order valence-electron chi connectivity index (χ0n) is 17.6. The molecule has 0 fully saturated rings. The van der Waals surface area contributed by atoms with Crippen molar-refractivity contribution in [3.63, 3.8) is 0 Å². The Morgan fingerprint density at radius 2 is 1.81 bits per heavy atom. The summed E-state index contributed by atoms with van der Waals surface area (Å²) in [6.07, 6.45) is 1.82. The van der Waals surface area contributed by atoms with Gasteiger partial charge in [-0.05, 0) is 36.8 Å². The van der Waals surface area contributed by atoms with Gasteiger partial charge in [0.05, 0.1) is 23.7 Å². The van der Waals surface area contributed by atoms with Crippen LogP contribution in [-0.2, 0) is 13.2 Å². The van der Waals surface area contributed by atoms with E-state index in [1.165, 1.54) is 0 Å². The van der Waals surface area contributed by atoms with Crippen molar-refractivity contribution in [3.05, 3.63) is 89.7 Å². The SMILES string of the molecule is CCn1c(/C(C#N)=C\c2cccc(OC)c2OCc2ccccc2)nc2ccccc21. The Hall–Kier alpha value is -4.04. The second kappa shape index (κ2) is 9.19. The maximum atomic E-state index is 9.97. The second-order valence-electron chi connectivity index (χ2n) is 6.99. The van der Waals surface area contributed by atoms with Crippen molar-refractivity contribution >= 4 is 22.7 Å². The monoisotopic (exact) mass is 409 g/mol. The number of nitrogens with zero attached hydrogens (tertiary/aromatic N) is 3. The van der Waals surface area contributed by atoms with Gasteiger partial charge in [-0.2, -0.15) is 5.26 Å². The van der Waals surface area contributed by atoms with Gasteiger partial charge in [0, 0.05) is 12.1 Å². The predicted octanol–water partition coefficient (Wildman–Crippen LogP) is 5.71. The zero-order chi connectivity index (χ0) is 21.6. The van der Waals surface area contributed by atoms with E-state index in [-0.39, 0.29) is 0 Å². The molecular weight excluding hydrogens is 386 g/mol. The van der Waals surface area contributed by atoms with Gasteiger partial charge in [-0.15, -0.1) is 0 Å². The van der Waals surface area contributed by atoms with Crippen molar-refractivity contribution in [2.75, 3.05) is 7.11 Å². The quantitative estimate of drug-likeness (QED) is 0.367. The Labute approximate surface area is 181 Å². The standard InChI is InChI=1S/C26H23N3O2/c1-3-29-23-14-8-7-13-22(23)28-26(29)21(17-27)16-20-12-9-15-24(30-2)25(20)31-18-19-10-5-4-6-11-19/h4-16H,3,18H2,1-2H3/b21-16-. The van der Waals surface area contributed by atoms with Crippen LogP contribution >= 0.6 is 0 Å². The number of rotatable bonds is 7. The third-order valence-electron chi connectivity index (χ3n) is 5.09. The van der Waals surface area contributed by atoms with E-state index in [4.69, 9.17) is 14.5 Å². The molecule has 154 valence electrons. The average molecular weight is 409 g/mol.